The van der Waals surface area contributed by atoms with Gasteiger partial charge in [0.1, 0.15) is 22.9 Å². The Hall–Kier alpha value is -4.90. The summed E-state index contributed by atoms with van der Waals surface area (Å²) in [4.78, 5) is 12.7. The molecule has 0 spiro atoms. The van der Waals surface area contributed by atoms with E-state index in [-0.39, 0.29) is 16.2 Å². The van der Waals surface area contributed by atoms with E-state index in [0.29, 0.717) is 23.0 Å². The first kappa shape index (κ1) is 37.4. The number of anilines is 3. The SMILES string of the molecule is [2H]C1([2H])c2c(ccc(C)c2C)[C@]2(C(C)(C)C)OC(c3cc(Oc4cc(C)cc(N5c6ccc(C(C)(C)C)cc6C(C)(C)c6cc(C)cnc65)c4)cc(C(C)(C)C)c3)=N[C@]12C. The summed E-state index contributed by atoms with van der Waals surface area (Å²) in [6, 6.07) is 26.0. The third-order valence-electron chi connectivity index (χ3n) is 13.0. The molecule has 2 aliphatic heterocycles. The lowest BCUT2D eigenvalue weighted by Gasteiger charge is -2.46. The zero-order valence-corrected chi connectivity index (χ0v) is 37.7. The molecule has 0 amide bonds. The normalized spacial score (nSPS) is 22.2. The molecule has 0 N–H and O–H groups in total. The second-order valence-corrected chi connectivity index (χ2v) is 21.0. The smallest absolute Gasteiger partial charge is 0.217 e. The minimum atomic E-state index is -1.78. The number of hydrogen-bond acceptors (Lipinski definition) is 5. The van der Waals surface area contributed by atoms with Crippen molar-refractivity contribution in [1.29, 1.82) is 0 Å². The summed E-state index contributed by atoms with van der Waals surface area (Å²) in [5.41, 5.74) is 10.2. The highest BCUT2D eigenvalue weighted by molar-refractivity contribution is 5.97. The summed E-state index contributed by atoms with van der Waals surface area (Å²) >= 11 is 0. The molecule has 4 aromatic carbocycles. The van der Waals surface area contributed by atoms with Gasteiger partial charge < -0.3 is 9.47 Å². The summed E-state index contributed by atoms with van der Waals surface area (Å²) in [6.45, 7) is 34.6. The summed E-state index contributed by atoms with van der Waals surface area (Å²) < 4.78 is 33.7. The molecule has 0 unspecified atom stereocenters. The Morgan fingerprint density at radius 2 is 1.40 bits per heavy atom. The van der Waals surface area contributed by atoms with E-state index in [1.165, 1.54) is 16.7 Å². The van der Waals surface area contributed by atoms with Gasteiger partial charge in [-0.2, -0.15) is 0 Å². The van der Waals surface area contributed by atoms with Crippen molar-refractivity contribution in [3.8, 4) is 11.5 Å². The number of pyridine rings is 1. The number of fused-ring (bicyclic) bond motifs is 5. The fraction of sp³-hybridized carbons (Fsp3) is 0.434. The predicted molar refractivity (Wildman–Crippen MR) is 241 cm³/mol. The van der Waals surface area contributed by atoms with E-state index in [2.05, 4.69) is 162 Å². The van der Waals surface area contributed by atoms with Gasteiger partial charge in [-0.15, -0.1) is 0 Å². The van der Waals surface area contributed by atoms with Crippen LogP contribution in [0, 0.1) is 33.1 Å². The highest BCUT2D eigenvalue weighted by atomic mass is 16.5. The Balaban J connectivity index is 1.25. The molecule has 5 nitrogen and oxygen atoms in total. The molecule has 2 atom stereocenters. The number of aliphatic imine (C=N–C) groups is 1. The lowest BCUT2D eigenvalue weighted by atomic mass is 9.65. The van der Waals surface area contributed by atoms with Crippen LogP contribution < -0.4 is 9.64 Å². The molecular formula is C53H63N3O2. The molecule has 58 heavy (non-hydrogen) atoms. The van der Waals surface area contributed by atoms with E-state index in [0.717, 1.165) is 56.1 Å². The molecular weight excluding hydrogens is 711 g/mol. The summed E-state index contributed by atoms with van der Waals surface area (Å²) in [6.07, 6.45) is 0.177. The highest BCUT2D eigenvalue weighted by Gasteiger charge is 2.67. The van der Waals surface area contributed by atoms with E-state index in [1.807, 2.05) is 33.0 Å². The number of benzene rings is 4. The molecule has 8 rings (SSSR count). The molecule has 3 aliphatic rings. The van der Waals surface area contributed by atoms with Gasteiger partial charge in [0.25, 0.3) is 0 Å². The third-order valence-corrected chi connectivity index (χ3v) is 13.0. The number of aryl methyl sites for hydroxylation is 3. The second-order valence-electron chi connectivity index (χ2n) is 21.0. The minimum absolute atomic E-state index is 0.00100. The molecule has 0 saturated heterocycles. The molecule has 1 aromatic heterocycles. The van der Waals surface area contributed by atoms with Crippen molar-refractivity contribution in [3.63, 3.8) is 0 Å². The maximum atomic E-state index is 9.75. The maximum absolute atomic E-state index is 9.75. The molecule has 0 fully saturated rings. The van der Waals surface area contributed by atoms with E-state index in [1.54, 1.807) is 0 Å². The van der Waals surface area contributed by atoms with Crippen molar-refractivity contribution in [1.82, 2.24) is 4.98 Å². The Morgan fingerprint density at radius 3 is 2.07 bits per heavy atom. The van der Waals surface area contributed by atoms with Crippen molar-refractivity contribution in [2.75, 3.05) is 4.90 Å². The minimum Gasteiger partial charge on any atom is -0.463 e. The van der Waals surface area contributed by atoms with Crippen LogP contribution in [0.5, 0.6) is 11.5 Å². The van der Waals surface area contributed by atoms with Gasteiger partial charge in [0, 0.05) is 48.9 Å². The van der Waals surface area contributed by atoms with Crippen LogP contribution in [0.1, 0.15) is 147 Å². The quantitative estimate of drug-likeness (QED) is 0.182. The number of aromatic nitrogens is 1. The van der Waals surface area contributed by atoms with Crippen molar-refractivity contribution in [3.05, 3.63) is 140 Å². The van der Waals surface area contributed by atoms with E-state index in [9.17, 15) is 2.74 Å². The van der Waals surface area contributed by atoms with Crippen LogP contribution in [-0.2, 0) is 33.0 Å². The standard InChI is InChI=1S/C53H63N3O2/c1-31-21-38(56-45-20-18-36(48(5,6)7)27-43(45)51(14,15)44-23-32(2)30-54-46(44)56)28-39(22-31)57-40-25-35(24-37(26-40)49(8,9)10)47-55-52(16)29-41-34(4)33(3)17-19-42(41)53(52,58-47)50(11,12)13/h17-28,30H,29H2,1-16H3/t52-,53-/m1/s1/i29D2. The first-order valence-electron chi connectivity index (χ1n) is 21.9. The summed E-state index contributed by atoms with van der Waals surface area (Å²) in [5, 5.41) is 0. The highest BCUT2D eigenvalue weighted by Crippen LogP contribution is 2.62. The maximum Gasteiger partial charge on any atom is 0.217 e. The van der Waals surface area contributed by atoms with E-state index >= 15 is 0 Å². The number of rotatable bonds is 4. The van der Waals surface area contributed by atoms with E-state index in [4.69, 9.17) is 19.5 Å². The average Bonchev–Trinajstić information content (AvgIpc) is 3.54. The van der Waals surface area contributed by atoms with Gasteiger partial charge in [0.15, 0.2) is 5.60 Å². The van der Waals surface area contributed by atoms with Gasteiger partial charge >= 0.3 is 0 Å². The largest absolute Gasteiger partial charge is 0.463 e. The molecule has 302 valence electrons. The van der Waals surface area contributed by atoms with Crippen LogP contribution in [0.25, 0.3) is 0 Å². The molecule has 0 saturated carbocycles. The van der Waals surface area contributed by atoms with Crippen LogP contribution in [-0.4, -0.2) is 16.4 Å². The number of nitrogens with zero attached hydrogens (tertiary/aromatic N) is 3. The predicted octanol–water partition coefficient (Wildman–Crippen LogP) is 13.8. The molecule has 3 heterocycles. The lowest BCUT2D eigenvalue weighted by molar-refractivity contribution is -0.0723. The van der Waals surface area contributed by atoms with Crippen LogP contribution >= 0.6 is 0 Å². The summed E-state index contributed by atoms with van der Waals surface area (Å²) in [5.74, 6) is 2.71. The Labute approximate surface area is 350 Å². The van der Waals surface area contributed by atoms with Crippen molar-refractivity contribution < 1.29 is 12.2 Å². The first-order chi connectivity index (χ1) is 27.6. The fourth-order valence-electron chi connectivity index (χ4n) is 9.59. The van der Waals surface area contributed by atoms with Crippen LogP contribution in [0.15, 0.2) is 84.0 Å². The van der Waals surface area contributed by atoms with Gasteiger partial charge in [0.2, 0.25) is 5.90 Å². The van der Waals surface area contributed by atoms with Crippen LogP contribution in [0.2, 0.25) is 0 Å². The zero-order chi connectivity index (χ0) is 43.9. The number of ether oxygens (including phenoxy) is 2. The Morgan fingerprint density at radius 1 is 0.707 bits per heavy atom. The number of hydrogen-bond donors (Lipinski definition) is 0. The molecule has 1 aliphatic carbocycles. The third kappa shape index (κ3) is 6.09. The van der Waals surface area contributed by atoms with Gasteiger partial charge in [-0.1, -0.05) is 100 Å². The fourth-order valence-corrected chi connectivity index (χ4v) is 9.59. The Bertz CT molecular complexity index is 2640. The van der Waals surface area contributed by atoms with Gasteiger partial charge in [-0.05, 0) is 132 Å². The Kier molecular flexibility index (Phi) is 8.25. The molecule has 0 bridgehead atoms. The van der Waals surface area contributed by atoms with Crippen molar-refractivity contribution >= 4 is 23.1 Å². The van der Waals surface area contributed by atoms with Crippen LogP contribution in [0.4, 0.5) is 17.2 Å². The van der Waals surface area contributed by atoms with Crippen LogP contribution in [0.3, 0.4) is 0 Å². The van der Waals surface area contributed by atoms with Gasteiger partial charge in [0.05, 0.1) is 11.4 Å². The van der Waals surface area contributed by atoms with Crippen molar-refractivity contribution in [2.24, 2.45) is 10.4 Å². The second kappa shape index (κ2) is 12.8. The van der Waals surface area contributed by atoms with E-state index < -0.39 is 22.9 Å². The molecule has 0 radical (unpaired) electrons. The first-order valence-corrected chi connectivity index (χ1v) is 20.9. The molecule has 5 heteroatoms. The average molecular weight is 776 g/mol. The van der Waals surface area contributed by atoms with Gasteiger partial charge in [-0.25, -0.2) is 9.98 Å². The van der Waals surface area contributed by atoms with Crippen molar-refractivity contribution in [2.45, 2.75) is 145 Å². The zero-order valence-electron chi connectivity index (χ0n) is 39.7. The molecule has 5 aromatic rings. The van der Waals surface area contributed by atoms with Gasteiger partial charge in [-0.3, -0.25) is 4.90 Å². The monoisotopic (exact) mass is 776 g/mol. The lowest BCUT2D eigenvalue weighted by Crippen LogP contribution is -2.52. The topological polar surface area (TPSA) is 47.0 Å². The summed E-state index contributed by atoms with van der Waals surface area (Å²) in [7, 11) is 0.